The van der Waals surface area contributed by atoms with E-state index in [1.807, 2.05) is 54.4 Å². The van der Waals surface area contributed by atoms with Gasteiger partial charge in [0.15, 0.2) is 0 Å². The molecule has 2 aromatic carbocycles. The van der Waals surface area contributed by atoms with Crippen molar-refractivity contribution in [3.8, 4) is 22.6 Å². The van der Waals surface area contributed by atoms with Crippen LogP contribution in [0.2, 0.25) is 0 Å². The number of methoxy groups -OCH3 is 1. The van der Waals surface area contributed by atoms with Gasteiger partial charge >= 0.3 is 0 Å². The van der Waals surface area contributed by atoms with Crippen molar-refractivity contribution in [3.05, 3.63) is 48.0 Å². The topological polar surface area (TPSA) is 51.2 Å². The average Bonchev–Trinajstić information content (AvgIpc) is 3.04. The molecule has 0 bridgehead atoms. The summed E-state index contributed by atoms with van der Waals surface area (Å²) in [5.41, 5.74) is 2.67. The zero-order chi connectivity index (χ0) is 19.3. The molecule has 3 heterocycles. The molecule has 2 aromatic rings. The Balaban J connectivity index is 1.48. The number of amides is 1. The highest BCUT2D eigenvalue weighted by Crippen LogP contribution is 2.35. The first-order chi connectivity index (χ1) is 13.6. The molecule has 3 aliphatic rings. The average molecular weight is 380 g/mol. The molecule has 0 aliphatic carbocycles. The van der Waals surface area contributed by atoms with Crippen molar-refractivity contribution in [3.63, 3.8) is 0 Å². The van der Waals surface area contributed by atoms with Gasteiger partial charge in [0, 0.05) is 20.1 Å². The first-order valence-electron chi connectivity index (χ1n) is 9.68. The number of carbonyl (C=O) groups is 1. The van der Waals surface area contributed by atoms with Crippen molar-refractivity contribution in [2.75, 3.05) is 40.5 Å². The molecule has 0 spiro atoms. The minimum Gasteiger partial charge on any atom is -0.497 e. The third kappa shape index (κ3) is 2.84. The second-order valence-corrected chi connectivity index (χ2v) is 7.73. The summed E-state index contributed by atoms with van der Waals surface area (Å²) in [7, 11) is 3.54. The Labute approximate surface area is 164 Å². The Morgan fingerprint density at radius 3 is 2.64 bits per heavy atom. The summed E-state index contributed by atoms with van der Waals surface area (Å²) in [4.78, 5) is 17.3. The molecule has 5 rings (SSSR count). The van der Waals surface area contributed by atoms with Crippen LogP contribution in [0.25, 0.3) is 11.1 Å². The van der Waals surface area contributed by atoms with Crippen LogP contribution in [0, 0.1) is 0 Å². The fraction of sp³-hybridized carbons (Fsp3) is 0.409. The van der Waals surface area contributed by atoms with Crippen LogP contribution in [0.5, 0.6) is 11.5 Å². The Bertz CT molecular complexity index is 911. The van der Waals surface area contributed by atoms with Crippen LogP contribution in [-0.2, 0) is 4.74 Å². The van der Waals surface area contributed by atoms with Crippen LogP contribution in [0.4, 0.5) is 0 Å². The minimum atomic E-state index is -0.0311. The monoisotopic (exact) mass is 380 g/mol. The number of hydrogen-bond acceptors (Lipinski definition) is 5. The lowest BCUT2D eigenvalue weighted by Crippen LogP contribution is -2.49. The summed E-state index contributed by atoms with van der Waals surface area (Å²) in [5, 5.41) is 0. The first kappa shape index (κ1) is 17.5. The Hall–Kier alpha value is -2.57. The van der Waals surface area contributed by atoms with Gasteiger partial charge in [0.05, 0.1) is 38.0 Å². The van der Waals surface area contributed by atoms with E-state index in [2.05, 4.69) is 4.90 Å². The quantitative estimate of drug-likeness (QED) is 0.818. The van der Waals surface area contributed by atoms with Gasteiger partial charge < -0.3 is 19.1 Å². The number of rotatable bonds is 3. The van der Waals surface area contributed by atoms with Crippen molar-refractivity contribution in [2.24, 2.45) is 0 Å². The smallest absolute Gasteiger partial charge is 0.257 e. The normalized spacial score (nSPS) is 24.8. The third-order valence-corrected chi connectivity index (χ3v) is 6.11. The molecule has 1 amide bonds. The zero-order valence-electron chi connectivity index (χ0n) is 16.1. The molecule has 0 radical (unpaired) electrons. The summed E-state index contributed by atoms with van der Waals surface area (Å²) in [5.74, 6) is 1.49. The van der Waals surface area contributed by atoms with E-state index in [4.69, 9.17) is 14.2 Å². The molecule has 2 atom stereocenters. The van der Waals surface area contributed by atoms with Crippen LogP contribution in [0.1, 0.15) is 10.4 Å². The standard InChI is InChI=1S/C22H24N2O4/c1-23-19-10-24(16-12-27-13-16)11-21(19)28-20-9-15(6-7-18(20)22(23)25)14-4-3-5-17(8-14)26-2/h3-9,16,19,21H,10-13H2,1-2H3/t19-,21+/m1/s1. The highest BCUT2D eigenvalue weighted by atomic mass is 16.5. The zero-order valence-corrected chi connectivity index (χ0v) is 16.1. The van der Waals surface area contributed by atoms with E-state index >= 15 is 0 Å². The van der Waals surface area contributed by atoms with Crippen molar-refractivity contribution in [1.29, 1.82) is 0 Å². The van der Waals surface area contributed by atoms with Gasteiger partial charge in [0.25, 0.3) is 5.91 Å². The van der Waals surface area contributed by atoms with Crippen molar-refractivity contribution in [2.45, 2.75) is 18.2 Å². The van der Waals surface area contributed by atoms with Gasteiger partial charge in [0.1, 0.15) is 17.6 Å². The number of likely N-dealkylation sites (tertiary alicyclic amines) is 1. The number of likely N-dealkylation sites (N-methyl/N-ethyl adjacent to an activating group) is 1. The van der Waals surface area contributed by atoms with Gasteiger partial charge in [-0.05, 0) is 35.4 Å². The van der Waals surface area contributed by atoms with E-state index in [1.165, 1.54) is 0 Å². The number of nitrogens with zero attached hydrogens (tertiary/aromatic N) is 2. The van der Waals surface area contributed by atoms with Crippen LogP contribution < -0.4 is 9.47 Å². The van der Waals surface area contributed by atoms with Crippen molar-refractivity contribution < 1.29 is 19.0 Å². The van der Waals surface area contributed by atoms with Crippen LogP contribution in [-0.4, -0.2) is 74.4 Å². The van der Waals surface area contributed by atoms with Gasteiger partial charge in [-0.1, -0.05) is 18.2 Å². The number of ether oxygens (including phenoxy) is 3. The lowest BCUT2D eigenvalue weighted by Gasteiger charge is -2.34. The molecule has 6 heteroatoms. The molecule has 146 valence electrons. The Morgan fingerprint density at radius 2 is 1.89 bits per heavy atom. The molecule has 0 aromatic heterocycles. The number of hydrogen-bond donors (Lipinski definition) is 0. The van der Waals surface area contributed by atoms with E-state index in [9.17, 15) is 4.79 Å². The van der Waals surface area contributed by atoms with Crippen molar-refractivity contribution >= 4 is 5.91 Å². The summed E-state index contributed by atoms with van der Waals surface area (Å²) >= 11 is 0. The molecule has 6 nitrogen and oxygen atoms in total. The fourth-order valence-corrected chi connectivity index (χ4v) is 4.29. The van der Waals surface area contributed by atoms with Crippen LogP contribution in [0.3, 0.4) is 0 Å². The number of benzene rings is 2. The predicted octanol–water partition coefficient (Wildman–Crippen LogP) is 2.28. The van der Waals surface area contributed by atoms with Crippen molar-refractivity contribution in [1.82, 2.24) is 9.80 Å². The largest absolute Gasteiger partial charge is 0.497 e. The van der Waals surface area contributed by atoms with E-state index in [0.717, 1.165) is 43.2 Å². The second kappa shape index (κ2) is 6.79. The van der Waals surface area contributed by atoms with E-state index in [1.54, 1.807) is 7.11 Å². The molecule has 2 fully saturated rings. The highest BCUT2D eigenvalue weighted by Gasteiger charge is 2.45. The maximum Gasteiger partial charge on any atom is 0.257 e. The highest BCUT2D eigenvalue weighted by molar-refractivity contribution is 5.98. The molecule has 0 unspecified atom stereocenters. The van der Waals surface area contributed by atoms with Gasteiger partial charge in [0.2, 0.25) is 0 Å². The van der Waals surface area contributed by atoms with E-state index in [0.29, 0.717) is 17.4 Å². The van der Waals surface area contributed by atoms with Crippen LogP contribution >= 0.6 is 0 Å². The summed E-state index contributed by atoms with van der Waals surface area (Å²) < 4.78 is 17.1. The number of fused-ring (bicyclic) bond motifs is 2. The van der Waals surface area contributed by atoms with Gasteiger partial charge in [-0.2, -0.15) is 0 Å². The molecular formula is C22H24N2O4. The predicted molar refractivity (Wildman–Crippen MR) is 105 cm³/mol. The summed E-state index contributed by atoms with van der Waals surface area (Å²) in [6.45, 7) is 3.19. The van der Waals surface area contributed by atoms with Gasteiger partial charge in [-0.15, -0.1) is 0 Å². The third-order valence-electron chi connectivity index (χ3n) is 6.11. The minimum absolute atomic E-state index is 0.0198. The fourth-order valence-electron chi connectivity index (χ4n) is 4.29. The summed E-state index contributed by atoms with van der Waals surface area (Å²) in [6.07, 6.45) is -0.0311. The Kier molecular flexibility index (Phi) is 4.25. The summed E-state index contributed by atoms with van der Waals surface area (Å²) in [6, 6.07) is 14.2. The van der Waals surface area contributed by atoms with Gasteiger partial charge in [-0.25, -0.2) is 0 Å². The maximum atomic E-state index is 13.1. The molecule has 0 N–H and O–H groups in total. The lowest BCUT2D eigenvalue weighted by molar-refractivity contribution is -0.0599. The molecule has 3 aliphatic heterocycles. The maximum absolute atomic E-state index is 13.1. The van der Waals surface area contributed by atoms with E-state index in [-0.39, 0.29) is 18.1 Å². The molecule has 0 saturated carbocycles. The number of carbonyl (C=O) groups excluding carboxylic acids is 1. The molecule has 28 heavy (non-hydrogen) atoms. The second-order valence-electron chi connectivity index (χ2n) is 7.73. The van der Waals surface area contributed by atoms with Crippen LogP contribution in [0.15, 0.2) is 42.5 Å². The first-order valence-corrected chi connectivity index (χ1v) is 9.68. The SMILES string of the molecule is COc1cccc(-c2ccc3c(c2)O[C@H]2CN(C4COC4)C[C@H]2N(C)C3=O)c1. The Morgan fingerprint density at radius 1 is 1.07 bits per heavy atom. The molecular weight excluding hydrogens is 356 g/mol. The van der Waals surface area contributed by atoms with E-state index < -0.39 is 0 Å². The molecule has 2 saturated heterocycles. The van der Waals surface area contributed by atoms with Gasteiger partial charge in [-0.3, -0.25) is 9.69 Å². The lowest BCUT2D eigenvalue weighted by atomic mass is 10.0.